The first kappa shape index (κ1) is 17.5. The predicted molar refractivity (Wildman–Crippen MR) is 98.7 cm³/mol. The van der Waals surface area contributed by atoms with E-state index < -0.39 is 0 Å². The number of benzene rings is 1. The van der Waals surface area contributed by atoms with Crippen molar-refractivity contribution in [2.24, 2.45) is 11.3 Å². The zero-order valence-electron chi connectivity index (χ0n) is 15.7. The van der Waals surface area contributed by atoms with Gasteiger partial charge in [0.25, 0.3) is 0 Å². The molecule has 1 saturated heterocycles. The number of likely N-dealkylation sites (tertiary alicyclic amines) is 1. The maximum Gasteiger partial charge on any atom is 0.223 e. The van der Waals surface area contributed by atoms with Crippen LogP contribution in [0, 0.1) is 11.3 Å². The highest BCUT2D eigenvalue weighted by molar-refractivity contribution is 5.79. The normalized spacial score (nSPS) is 30.8. The van der Waals surface area contributed by atoms with E-state index in [1.54, 1.807) is 0 Å². The second kappa shape index (κ2) is 6.51. The summed E-state index contributed by atoms with van der Waals surface area (Å²) in [6, 6.07) is 10.9. The van der Waals surface area contributed by atoms with Crippen molar-refractivity contribution < 1.29 is 4.79 Å². The Morgan fingerprint density at radius 2 is 1.71 bits per heavy atom. The number of hydrogen-bond acceptors (Lipinski definition) is 2. The van der Waals surface area contributed by atoms with E-state index >= 15 is 0 Å². The highest BCUT2D eigenvalue weighted by Crippen LogP contribution is 2.52. The second-order valence-electron chi connectivity index (χ2n) is 8.64. The van der Waals surface area contributed by atoms with E-state index in [1.165, 1.54) is 5.56 Å². The number of carbonyl (C=O) groups is 1. The van der Waals surface area contributed by atoms with E-state index in [1.807, 2.05) is 0 Å². The summed E-state index contributed by atoms with van der Waals surface area (Å²) in [6.45, 7) is 6.29. The van der Waals surface area contributed by atoms with E-state index in [-0.39, 0.29) is 11.0 Å². The van der Waals surface area contributed by atoms with Crippen molar-refractivity contribution in [1.29, 1.82) is 0 Å². The monoisotopic (exact) mass is 328 g/mol. The molecule has 0 N–H and O–H groups in total. The first-order valence-corrected chi connectivity index (χ1v) is 9.38. The van der Waals surface area contributed by atoms with Gasteiger partial charge in [0.15, 0.2) is 0 Å². The lowest BCUT2D eigenvalue weighted by Crippen LogP contribution is -2.47. The minimum absolute atomic E-state index is 0.126. The Hall–Kier alpha value is -1.35. The van der Waals surface area contributed by atoms with Crippen molar-refractivity contribution in [3.63, 3.8) is 0 Å². The van der Waals surface area contributed by atoms with Gasteiger partial charge >= 0.3 is 0 Å². The Balaban J connectivity index is 1.76. The van der Waals surface area contributed by atoms with E-state index in [9.17, 15) is 4.79 Å². The molecule has 1 spiro atoms. The number of hydrogen-bond donors (Lipinski definition) is 0. The average molecular weight is 329 g/mol. The molecule has 1 aromatic rings. The zero-order chi connectivity index (χ0) is 17.4. The fraction of sp³-hybridized carbons (Fsp3) is 0.667. The molecule has 1 aliphatic heterocycles. The third kappa shape index (κ3) is 3.11. The molecule has 24 heavy (non-hydrogen) atoms. The Morgan fingerprint density at radius 3 is 2.25 bits per heavy atom. The van der Waals surface area contributed by atoms with Gasteiger partial charge in [0.1, 0.15) is 0 Å². The fourth-order valence-corrected chi connectivity index (χ4v) is 4.86. The van der Waals surface area contributed by atoms with Gasteiger partial charge in [-0.2, -0.15) is 0 Å². The van der Waals surface area contributed by atoms with E-state index in [2.05, 4.69) is 68.1 Å². The largest absolute Gasteiger partial charge is 0.342 e. The van der Waals surface area contributed by atoms with Crippen LogP contribution in [0.2, 0.25) is 0 Å². The summed E-state index contributed by atoms with van der Waals surface area (Å²) in [5.41, 5.74) is 1.77. The Morgan fingerprint density at radius 1 is 1.08 bits per heavy atom. The first-order chi connectivity index (χ1) is 11.4. The third-order valence-electron chi connectivity index (χ3n) is 6.30. The predicted octanol–water partition coefficient (Wildman–Crippen LogP) is 3.89. The molecule has 3 nitrogen and oxygen atoms in total. The molecule has 3 rings (SSSR count). The molecular formula is C21H32N2O. The summed E-state index contributed by atoms with van der Waals surface area (Å²) in [5.74, 6) is 0.929. The Kier molecular flexibility index (Phi) is 4.74. The van der Waals surface area contributed by atoms with Gasteiger partial charge in [-0.1, -0.05) is 44.2 Å². The van der Waals surface area contributed by atoms with E-state index in [4.69, 9.17) is 0 Å². The van der Waals surface area contributed by atoms with Crippen molar-refractivity contribution in [2.45, 2.75) is 51.5 Å². The molecule has 1 saturated carbocycles. The SMILES string of the molecule is CC(C)CN1C[C@]2(CC[C@@](c3ccccc3)(N(C)C)CC2)CC1=O. The van der Waals surface area contributed by atoms with Gasteiger partial charge in [0.05, 0.1) is 0 Å². The molecule has 1 amide bonds. The molecule has 1 aromatic carbocycles. The van der Waals surface area contributed by atoms with E-state index in [0.717, 1.165) is 45.2 Å². The van der Waals surface area contributed by atoms with Gasteiger partial charge in [-0.3, -0.25) is 9.69 Å². The smallest absolute Gasteiger partial charge is 0.223 e. The standard InChI is InChI=1S/C21H32N2O/c1-17(2)15-23-16-20(14-19(23)24)10-12-21(13-11-20,22(3)4)18-8-6-5-7-9-18/h5-9,17H,10-16H2,1-4H3/t20-,21+. The maximum atomic E-state index is 12.5. The van der Waals surface area contributed by atoms with Crippen molar-refractivity contribution in [3.05, 3.63) is 35.9 Å². The lowest BCUT2D eigenvalue weighted by atomic mass is 9.64. The summed E-state index contributed by atoms with van der Waals surface area (Å²) in [5, 5.41) is 0. The summed E-state index contributed by atoms with van der Waals surface area (Å²) in [7, 11) is 4.41. The molecule has 0 aromatic heterocycles. The van der Waals surface area contributed by atoms with Gasteiger partial charge in [-0.05, 0) is 56.7 Å². The number of rotatable bonds is 4. The first-order valence-electron chi connectivity index (χ1n) is 9.38. The van der Waals surface area contributed by atoms with Crippen molar-refractivity contribution in [3.8, 4) is 0 Å². The molecule has 2 aliphatic rings. The number of amides is 1. The van der Waals surface area contributed by atoms with Crippen LogP contribution in [0.5, 0.6) is 0 Å². The molecule has 1 aliphatic carbocycles. The van der Waals surface area contributed by atoms with Crippen LogP contribution in [0.4, 0.5) is 0 Å². The Labute approximate surface area is 147 Å². The van der Waals surface area contributed by atoms with Gasteiger partial charge in [0.2, 0.25) is 5.91 Å². The summed E-state index contributed by atoms with van der Waals surface area (Å²) < 4.78 is 0. The molecule has 0 radical (unpaired) electrons. The van der Waals surface area contributed by atoms with E-state index in [0.29, 0.717) is 11.8 Å². The average Bonchev–Trinajstić information content (AvgIpc) is 2.84. The summed E-state index contributed by atoms with van der Waals surface area (Å²) >= 11 is 0. The highest BCUT2D eigenvalue weighted by Gasteiger charge is 2.50. The van der Waals surface area contributed by atoms with Gasteiger partial charge in [-0.25, -0.2) is 0 Å². The molecule has 3 heteroatoms. The highest BCUT2D eigenvalue weighted by atomic mass is 16.2. The summed E-state index contributed by atoms with van der Waals surface area (Å²) in [4.78, 5) is 17.0. The topological polar surface area (TPSA) is 23.6 Å². The minimum atomic E-state index is 0.126. The van der Waals surface area contributed by atoms with Crippen LogP contribution in [-0.4, -0.2) is 42.9 Å². The van der Waals surface area contributed by atoms with Gasteiger partial charge < -0.3 is 4.90 Å². The lowest BCUT2D eigenvalue weighted by Gasteiger charge is -2.49. The minimum Gasteiger partial charge on any atom is -0.342 e. The zero-order valence-corrected chi connectivity index (χ0v) is 15.7. The van der Waals surface area contributed by atoms with Crippen LogP contribution < -0.4 is 0 Å². The third-order valence-corrected chi connectivity index (χ3v) is 6.30. The fourth-order valence-electron chi connectivity index (χ4n) is 4.86. The van der Waals surface area contributed by atoms with Gasteiger partial charge in [-0.15, -0.1) is 0 Å². The molecule has 1 heterocycles. The van der Waals surface area contributed by atoms with Crippen LogP contribution in [0.15, 0.2) is 30.3 Å². The van der Waals surface area contributed by atoms with Crippen LogP contribution >= 0.6 is 0 Å². The molecule has 132 valence electrons. The lowest BCUT2D eigenvalue weighted by molar-refractivity contribution is -0.128. The van der Waals surface area contributed by atoms with Crippen molar-refractivity contribution in [1.82, 2.24) is 9.80 Å². The maximum absolute atomic E-state index is 12.5. The second-order valence-corrected chi connectivity index (χ2v) is 8.64. The van der Waals surface area contributed by atoms with Crippen LogP contribution in [0.1, 0.15) is 51.5 Å². The number of nitrogens with zero attached hydrogens (tertiary/aromatic N) is 2. The molecule has 0 atom stereocenters. The molecule has 2 fully saturated rings. The van der Waals surface area contributed by atoms with Crippen molar-refractivity contribution >= 4 is 5.91 Å². The Bertz CT molecular complexity index is 571. The van der Waals surface area contributed by atoms with Crippen LogP contribution in [-0.2, 0) is 10.3 Å². The number of carbonyl (C=O) groups excluding carboxylic acids is 1. The molecule has 0 unspecified atom stereocenters. The molecular weight excluding hydrogens is 296 g/mol. The van der Waals surface area contributed by atoms with Crippen LogP contribution in [0.3, 0.4) is 0 Å². The molecule has 0 bridgehead atoms. The van der Waals surface area contributed by atoms with Gasteiger partial charge in [0, 0.05) is 25.0 Å². The van der Waals surface area contributed by atoms with Crippen LogP contribution in [0.25, 0.3) is 0 Å². The summed E-state index contributed by atoms with van der Waals surface area (Å²) in [6.07, 6.45) is 5.36. The van der Waals surface area contributed by atoms with Crippen molar-refractivity contribution in [2.75, 3.05) is 27.2 Å². The quantitative estimate of drug-likeness (QED) is 0.837.